The number of benzene rings is 1. The lowest BCUT2D eigenvalue weighted by Crippen LogP contribution is -2.09. The number of hydrogen-bond donors (Lipinski definition) is 1. The average molecular weight is 198 g/mol. The third-order valence-electron chi connectivity index (χ3n) is 1.59. The molecule has 0 heterocycles. The highest BCUT2D eigenvalue weighted by molar-refractivity contribution is 6.36. The van der Waals surface area contributed by atoms with Crippen molar-refractivity contribution in [2.24, 2.45) is 0 Å². The van der Waals surface area contributed by atoms with Gasteiger partial charge in [0.1, 0.15) is 0 Å². The number of rotatable bonds is 2. The first-order valence-corrected chi connectivity index (χ1v) is 4.33. The van der Waals surface area contributed by atoms with Crippen LogP contribution in [0.2, 0.25) is 5.02 Å². The molecule has 0 saturated carbocycles. The van der Waals surface area contributed by atoms with Crippen LogP contribution in [0.1, 0.15) is 13.3 Å². The van der Waals surface area contributed by atoms with E-state index in [0.717, 1.165) is 0 Å². The van der Waals surface area contributed by atoms with Gasteiger partial charge >= 0.3 is 0 Å². The van der Waals surface area contributed by atoms with E-state index >= 15 is 0 Å². The van der Waals surface area contributed by atoms with Crippen LogP contribution in [0, 0.1) is 0 Å². The van der Waals surface area contributed by atoms with Crippen LogP contribution in [-0.2, 0) is 4.79 Å². The van der Waals surface area contributed by atoms with Crippen LogP contribution in [0.5, 0.6) is 0 Å². The van der Waals surface area contributed by atoms with Crippen LogP contribution in [-0.4, -0.2) is 5.91 Å². The van der Waals surface area contributed by atoms with Crippen molar-refractivity contribution in [2.75, 3.05) is 5.32 Å². The van der Waals surface area contributed by atoms with Gasteiger partial charge in [-0.2, -0.15) is 0 Å². The largest absolute Gasteiger partial charge is 0.325 e. The minimum absolute atomic E-state index is 0.104. The number of carbonyl (C=O) groups is 1. The first-order chi connectivity index (χ1) is 6.15. The molecule has 0 saturated heterocycles. The van der Waals surface area contributed by atoms with E-state index in [0.29, 0.717) is 12.1 Å². The van der Waals surface area contributed by atoms with E-state index in [1.54, 1.807) is 25.1 Å². The lowest BCUT2D eigenvalue weighted by molar-refractivity contribution is -0.115. The molecule has 0 unspecified atom stereocenters. The van der Waals surface area contributed by atoms with Crippen molar-refractivity contribution in [2.45, 2.75) is 13.3 Å². The number of carbonyl (C=O) groups excluding carboxylic acids is 1. The van der Waals surface area contributed by atoms with Gasteiger partial charge in [-0.3, -0.25) is 10.5 Å². The minimum Gasteiger partial charge on any atom is -0.325 e. The Bertz CT molecular complexity index is 325. The van der Waals surface area contributed by atoms with Crippen molar-refractivity contribution in [3.05, 3.63) is 23.2 Å². The smallest absolute Gasteiger partial charge is 0.224 e. The second-order valence-electron chi connectivity index (χ2n) is 2.57. The van der Waals surface area contributed by atoms with Crippen molar-refractivity contribution in [3.8, 4) is 0 Å². The summed E-state index contributed by atoms with van der Waals surface area (Å²) in [5.74, 6) is -0.104. The summed E-state index contributed by atoms with van der Waals surface area (Å²) in [5, 5.41) is 2.89. The Morgan fingerprint density at radius 3 is 2.92 bits per heavy atom. The van der Waals surface area contributed by atoms with Gasteiger partial charge in [-0.15, -0.1) is 0 Å². The molecule has 1 radical (unpaired) electrons. The minimum atomic E-state index is -0.104. The Morgan fingerprint density at radius 2 is 2.31 bits per heavy atom. The number of anilines is 1. The molecule has 0 spiro atoms. The molecule has 3 nitrogen and oxygen atoms in total. The number of halogens is 1. The summed E-state index contributed by atoms with van der Waals surface area (Å²) in [5.41, 5.74) is 8.10. The molecule has 0 aromatic heterocycles. The quantitative estimate of drug-likeness (QED) is 0.779. The molecule has 1 rings (SSSR count). The molecule has 1 aromatic carbocycles. The molecule has 0 aliphatic heterocycles. The van der Waals surface area contributed by atoms with Gasteiger partial charge in [-0.1, -0.05) is 24.6 Å². The Hall–Kier alpha value is -1.22. The first-order valence-electron chi connectivity index (χ1n) is 3.95. The summed E-state index contributed by atoms with van der Waals surface area (Å²) in [6.45, 7) is 1.76. The molecule has 0 aliphatic carbocycles. The highest BCUT2D eigenvalue weighted by Gasteiger charge is 2.05. The van der Waals surface area contributed by atoms with E-state index in [4.69, 9.17) is 17.3 Å². The van der Waals surface area contributed by atoms with E-state index in [-0.39, 0.29) is 16.6 Å². The molecule has 13 heavy (non-hydrogen) atoms. The van der Waals surface area contributed by atoms with E-state index in [9.17, 15) is 4.79 Å². The number of nitrogens with one attached hydrogen (secondary N) is 2. The second kappa shape index (κ2) is 4.14. The SMILES string of the molecule is CCC(=O)Nc1cccc([NH])c1Cl. The topological polar surface area (TPSA) is 52.9 Å². The monoisotopic (exact) mass is 197 g/mol. The molecule has 0 bridgehead atoms. The molecule has 69 valence electrons. The lowest BCUT2D eigenvalue weighted by Gasteiger charge is -2.06. The van der Waals surface area contributed by atoms with Gasteiger partial charge in [0.25, 0.3) is 0 Å². The molecule has 0 fully saturated rings. The lowest BCUT2D eigenvalue weighted by atomic mass is 10.2. The maximum atomic E-state index is 11.0. The summed E-state index contributed by atoms with van der Waals surface area (Å²) >= 11 is 5.79. The van der Waals surface area contributed by atoms with Crippen LogP contribution in [0.15, 0.2) is 18.2 Å². The molecule has 1 aromatic rings. The van der Waals surface area contributed by atoms with Crippen LogP contribution in [0.4, 0.5) is 11.4 Å². The van der Waals surface area contributed by atoms with Crippen LogP contribution < -0.4 is 11.1 Å². The zero-order chi connectivity index (χ0) is 9.84. The Balaban J connectivity index is 2.89. The standard InChI is InChI=1S/C9H10ClN2O/c1-2-8(13)12-7-5-3-4-6(11)9(7)10/h3-5,11H,2H2,1H3,(H,12,13). The summed E-state index contributed by atoms with van der Waals surface area (Å²) < 4.78 is 0. The van der Waals surface area contributed by atoms with Crippen molar-refractivity contribution in [1.82, 2.24) is 5.73 Å². The number of hydrogen-bond acceptors (Lipinski definition) is 1. The van der Waals surface area contributed by atoms with Crippen molar-refractivity contribution in [3.63, 3.8) is 0 Å². The molecule has 2 N–H and O–H groups in total. The summed E-state index contributed by atoms with van der Waals surface area (Å²) in [6.07, 6.45) is 0.401. The zero-order valence-corrected chi connectivity index (χ0v) is 7.98. The summed E-state index contributed by atoms with van der Waals surface area (Å²) in [4.78, 5) is 11.0. The Kier molecular flexibility index (Phi) is 3.14. The third-order valence-corrected chi connectivity index (χ3v) is 2.00. The van der Waals surface area contributed by atoms with Gasteiger partial charge < -0.3 is 5.32 Å². The van der Waals surface area contributed by atoms with E-state index in [2.05, 4.69) is 5.32 Å². The fourth-order valence-electron chi connectivity index (χ4n) is 0.867. The number of amides is 1. The molecule has 0 aliphatic rings. The van der Waals surface area contributed by atoms with E-state index < -0.39 is 0 Å². The third kappa shape index (κ3) is 2.36. The van der Waals surface area contributed by atoms with Gasteiger partial charge in [-0.05, 0) is 12.1 Å². The van der Waals surface area contributed by atoms with Crippen molar-refractivity contribution >= 4 is 28.9 Å². The average Bonchev–Trinajstić information content (AvgIpc) is 2.13. The van der Waals surface area contributed by atoms with Gasteiger partial charge in [0.05, 0.1) is 16.4 Å². The highest BCUT2D eigenvalue weighted by atomic mass is 35.5. The summed E-state index contributed by atoms with van der Waals surface area (Å²) in [6, 6.07) is 4.93. The predicted octanol–water partition coefficient (Wildman–Crippen LogP) is 2.60. The van der Waals surface area contributed by atoms with Gasteiger partial charge in [0.15, 0.2) is 0 Å². The fraction of sp³-hybridized carbons (Fsp3) is 0.222. The summed E-state index contributed by atoms with van der Waals surface area (Å²) in [7, 11) is 0. The second-order valence-corrected chi connectivity index (χ2v) is 2.95. The van der Waals surface area contributed by atoms with Crippen molar-refractivity contribution in [1.29, 1.82) is 0 Å². The molecule has 1 amide bonds. The Labute approximate surface area is 81.9 Å². The van der Waals surface area contributed by atoms with Gasteiger partial charge in [0, 0.05) is 6.42 Å². The maximum absolute atomic E-state index is 11.0. The zero-order valence-electron chi connectivity index (χ0n) is 7.23. The van der Waals surface area contributed by atoms with E-state index in [1.165, 1.54) is 0 Å². The first kappa shape index (κ1) is 9.86. The van der Waals surface area contributed by atoms with Gasteiger partial charge in [-0.25, -0.2) is 0 Å². The molecule has 0 atom stereocenters. The van der Waals surface area contributed by atoms with Crippen LogP contribution in [0.25, 0.3) is 0 Å². The predicted molar refractivity (Wildman–Crippen MR) is 53.1 cm³/mol. The maximum Gasteiger partial charge on any atom is 0.224 e. The van der Waals surface area contributed by atoms with Crippen LogP contribution in [0.3, 0.4) is 0 Å². The fourth-order valence-corrected chi connectivity index (χ4v) is 1.04. The Morgan fingerprint density at radius 1 is 1.62 bits per heavy atom. The molecular formula is C9H10ClN2O. The van der Waals surface area contributed by atoms with E-state index in [1.807, 2.05) is 0 Å². The molecular weight excluding hydrogens is 188 g/mol. The highest BCUT2D eigenvalue weighted by Crippen LogP contribution is 2.28. The molecule has 4 heteroatoms. The normalized spacial score (nSPS) is 9.69. The van der Waals surface area contributed by atoms with Crippen molar-refractivity contribution < 1.29 is 4.79 Å². The van der Waals surface area contributed by atoms with Crippen LogP contribution >= 0.6 is 11.6 Å². The van der Waals surface area contributed by atoms with Gasteiger partial charge in [0.2, 0.25) is 5.91 Å².